The largest absolute Gasteiger partial charge is 0.345 e. The highest BCUT2D eigenvalue weighted by Gasteiger charge is 2.44. The van der Waals surface area contributed by atoms with Crippen molar-refractivity contribution in [3.05, 3.63) is 0 Å². The summed E-state index contributed by atoms with van der Waals surface area (Å²) in [5.41, 5.74) is -0.970. The predicted octanol–water partition coefficient (Wildman–Crippen LogP) is 0.327. The van der Waals surface area contributed by atoms with E-state index in [0.29, 0.717) is 6.42 Å². The number of nitrogens with one attached hydrogen (secondary N) is 1. The number of rotatable bonds is 4. The zero-order valence-corrected chi connectivity index (χ0v) is 13.6. The molecule has 0 bridgehead atoms. The minimum Gasteiger partial charge on any atom is -0.345 e. The fourth-order valence-electron chi connectivity index (χ4n) is 2.08. The SMILES string of the molecule is CCC1(C)C(=O)NCC(=O)N1CCS(=O)(=O)C(C)(C)C. The van der Waals surface area contributed by atoms with Crippen molar-refractivity contribution >= 4 is 21.7 Å². The Hall–Kier alpha value is -1.11. The molecule has 116 valence electrons. The van der Waals surface area contributed by atoms with Gasteiger partial charge in [-0.25, -0.2) is 8.42 Å². The summed E-state index contributed by atoms with van der Waals surface area (Å²) in [6.07, 6.45) is 0.445. The Morgan fingerprint density at radius 1 is 1.30 bits per heavy atom. The first kappa shape index (κ1) is 16.9. The van der Waals surface area contributed by atoms with Crippen molar-refractivity contribution in [3.63, 3.8) is 0 Å². The van der Waals surface area contributed by atoms with Crippen molar-refractivity contribution in [2.24, 2.45) is 0 Å². The molecule has 1 N–H and O–H groups in total. The van der Waals surface area contributed by atoms with Gasteiger partial charge in [0.25, 0.3) is 0 Å². The van der Waals surface area contributed by atoms with E-state index in [1.54, 1.807) is 27.7 Å². The van der Waals surface area contributed by atoms with Gasteiger partial charge in [0.05, 0.1) is 17.0 Å². The molecular weight excluding hydrogens is 280 g/mol. The van der Waals surface area contributed by atoms with Crippen molar-refractivity contribution in [1.82, 2.24) is 10.2 Å². The summed E-state index contributed by atoms with van der Waals surface area (Å²) in [6, 6.07) is 0. The van der Waals surface area contributed by atoms with Crippen LogP contribution in [-0.2, 0) is 19.4 Å². The number of carbonyl (C=O) groups is 2. The van der Waals surface area contributed by atoms with Crippen LogP contribution >= 0.6 is 0 Å². The highest BCUT2D eigenvalue weighted by atomic mass is 32.2. The second-order valence-corrected chi connectivity index (χ2v) is 9.15. The molecule has 1 aliphatic rings. The molecule has 0 aromatic carbocycles. The van der Waals surface area contributed by atoms with Gasteiger partial charge in [0, 0.05) is 6.54 Å². The lowest BCUT2D eigenvalue weighted by atomic mass is 9.93. The maximum Gasteiger partial charge on any atom is 0.246 e. The van der Waals surface area contributed by atoms with Crippen LogP contribution in [0.5, 0.6) is 0 Å². The fraction of sp³-hybridized carbons (Fsp3) is 0.846. The second-order valence-electron chi connectivity index (χ2n) is 6.29. The average molecular weight is 304 g/mol. The number of carbonyl (C=O) groups excluding carboxylic acids is 2. The van der Waals surface area contributed by atoms with Crippen molar-refractivity contribution < 1.29 is 18.0 Å². The third-order valence-corrected chi connectivity index (χ3v) is 6.58. The molecule has 20 heavy (non-hydrogen) atoms. The van der Waals surface area contributed by atoms with Gasteiger partial charge in [-0.15, -0.1) is 0 Å². The minimum absolute atomic E-state index is 0.0518. The molecular formula is C13H24N2O4S. The third kappa shape index (κ3) is 2.97. The Morgan fingerprint density at radius 3 is 2.30 bits per heavy atom. The highest BCUT2D eigenvalue weighted by Crippen LogP contribution is 2.24. The number of piperazine rings is 1. The van der Waals surface area contributed by atoms with E-state index >= 15 is 0 Å². The van der Waals surface area contributed by atoms with E-state index in [-0.39, 0.29) is 30.7 Å². The van der Waals surface area contributed by atoms with Crippen LogP contribution in [0.4, 0.5) is 0 Å². The smallest absolute Gasteiger partial charge is 0.246 e. The lowest BCUT2D eigenvalue weighted by Gasteiger charge is -2.43. The number of sulfone groups is 1. The molecule has 0 saturated carbocycles. The first-order chi connectivity index (χ1) is 8.95. The molecule has 0 radical (unpaired) electrons. The third-order valence-electron chi connectivity index (χ3n) is 3.99. The van der Waals surface area contributed by atoms with E-state index in [4.69, 9.17) is 0 Å². The van der Waals surface area contributed by atoms with Crippen molar-refractivity contribution in [2.45, 2.75) is 51.3 Å². The molecule has 0 aromatic heterocycles. The molecule has 2 amide bonds. The van der Waals surface area contributed by atoms with Crippen LogP contribution in [-0.4, -0.2) is 54.3 Å². The van der Waals surface area contributed by atoms with Gasteiger partial charge in [-0.05, 0) is 34.1 Å². The van der Waals surface area contributed by atoms with E-state index < -0.39 is 20.1 Å². The van der Waals surface area contributed by atoms with E-state index in [2.05, 4.69) is 5.32 Å². The van der Waals surface area contributed by atoms with Crippen LogP contribution in [0.15, 0.2) is 0 Å². The summed E-state index contributed by atoms with van der Waals surface area (Å²) in [5, 5.41) is 2.55. The van der Waals surface area contributed by atoms with E-state index in [9.17, 15) is 18.0 Å². The summed E-state index contributed by atoms with van der Waals surface area (Å²) in [6.45, 7) is 8.36. The second kappa shape index (κ2) is 5.35. The summed E-state index contributed by atoms with van der Waals surface area (Å²) >= 11 is 0. The van der Waals surface area contributed by atoms with Gasteiger partial charge in [0.2, 0.25) is 11.8 Å². The molecule has 1 heterocycles. The molecule has 7 heteroatoms. The zero-order chi connectivity index (χ0) is 15.8. The van der Waals surface area contributed by atoms with Gasteiger partial charge < -0.3 is 10.2 Å². The normalized spacial score (nSPS) is 24.8. The fourth-order valence-corrected chi connectivity index (χ4v) is 3.12. The van der Waals surface area contributed by atoms with Crippen LogP contribution in [0.25, 0.3) is 0 Å². The molecule has 1 fully saturated rings. The van der Waals surface area contributed by atoms with Crippen LogP contribution < -0.4 is 5.32 Å². The monoisotopic (exact) mass is 304 g/mol. The van der Waals surface area contributed by atoms with Gasteiger partial charge in [-0.3, -0.25) is 9.59 Å². The topological polar surface area (TPSA) is 83.6 Å². The van der Waals surface area contributed by atoms with Crippen LogP contribution in [0.3, 0.4) is 0 Å². The van der Waals surface area contributed by atoms with E-state index in [0.717, 1.165) is 0 Å². The molecule has 0 aliphatic carbocycles. The Balaban J connectivity index is 2.94. The Labute approximate surface area is 120 Å². The van der Waals surface area contributed by atoms with Crippen molar-refractivity contribution in [2.75, 3.05) is 18.8 Å². The van der Waals surface area contributed by atoms with Crippen molar-refractivity contribution in [3.8, 4) is 0 Å². The molecule has 1 aliphatic heterocycles. The van der Waals surface area contributed by atoms with Gasteiger partial charge >= 0.3 is 0 Å². The summed E-state index contributed by atoms with van der Waals surface area (Å²) < 4.78 is 23.4. The van der Waals surface area contributed by atoms with Gasteiger partial charge in [0.15, 0.2) is 9.84 Å². The van der Waals surface area contributed by atoms with E-state index in [1.807, 2.05) is 6.92 Å². The molecule has 1 atom stereocenters. The Bertz CT molecular complexity index is 507. The zero-order valence-electron chi connectivity index (χ0n) is 12.8. The lowest BCUT2D eigenvalue weighted by Crippen LogP contribution is -2.66. The van der Waals surface area contributed by atoms with Crippen LogP contribution in [0.1, 0.15) is 41.0 Å². The number of amides is 2. The maximum absolute atomic E-state index is 12.1. The van der Waals surface area contributed by atoms with Gasteiger partial charge in [-0.1, -0.05) is 6.92 Å². The number of hydrogen-bond donors (Lipinski definition) is 1. The first-order valence-electron chi connectivity index (χ1n) is 6.77. The van der Waals surface area contributed by atoms with Crippen LogP contribution in [0, 0.1) is 0 Å². The molecule has 1 saturated heterocycles. The molecule has 6 nitrogen and oxygen atoms in total. The van der Waals surface area contributed by atoms with E-state index in [1.165, 1.54) is 4.90 Å². The molecule has 0 spiro atoms. The molecule has 1 unspecified atom stereocenters. The Kier molecular flexibility index (Phi) is 4.53. The number of nitrogens with zero attached hydrogens (tertiary/aromatic N) is 1. The van der Waals surface area contributed by atoms with Crippen LogP contribution in [0.2, 0.25) is 0 Å². The molecule has 0 aromatic rings. The minimum atomic E-state index is -3.32. The van der Waals surface area contributed by atoms with Crippen molar-refractivity contribution in [1.29, 1.82) is 0 Å². The summed E-state index contributed by atoms with van der Waals surface area (Å²) in [7, 11) is -3.32. The standard InChI is InChI=1S/C13H24N2O4S/c1-6-13(5)11(17)14-9-10(16)15(13)7-8-20(18,19)12(2,3)4/h6-9H2,1-5H3,(H,14,17). The molecule has 1 rings (SSSR count). The lowest BCUT2D eigenvalue weighted by molar-refractivity contribution is -0.152. The first-order valence-corrected chi connectivity index (χ1v) is 8.42. The average Bonchev–Trinajstić information content (AvgIpc) is 2.32. The summed E-state index contributed by atoms with van der Waals surface area (Å²) in [5.74, 6) is -0.601. The highest BCUT2D eigenvalue weighted by molar-refractivity contribution is 7.92. The van der Waals surface area contributed by atoms with Gasteiger partial charge in [0.1, 0.15) is 5.54 Å². The number of hydrogen-bond acceptors (Lipinski definition) is 4. The predicted molar refractivity (Wildman–Crippen MR) is 77.0 cm³/mol. The van der Waals surface area contributed by atoms with Gasteiger partial charge in [-0.2, -0.15) is 0 Å². The maximum atomic E-state index is 12.1. The quantitative estimate of drug-likeness (QED) is 0.811. The summed E-state index contributed by atoms with van der Waals surface area (Å²) in [4.78, 5) is 25.4. The Morgan fingerprint density at radius 2 is 1.85 bits per heavy atom.